The molecular formula is C15H15BrN2. The highest BCUT2D eigenvalue weighted by Crippen LogP contribution is 2.20. The number of allylic oxidation sites excluding steroid dienone is 4. The third kappa shape index (κ3) is 2.62. The summed E-state index contributed by atoms with van der Waals surface area (Å²) in [6.45, 7) is 3.99. The average Bonchev–Trinajstić information content (AvgIpc) is 2.41. The van der Waals surface area contributed by atoms with Gasteiger partial charge in [0.05, 0.1) is 5.71 Å². The Balaban J connectivity index is 2.40. The highest BCUT2D eigenvalue weighted by molar-refractivity contribution is 9.10. The second-order valence-electron chi connectivity index (χ2n) is 4.24. The summed E-state index contributed by atoms with van der Waals surface area (Å²) in [6, 6.07) is 6.01. The molecule has 0 aromatic heterocycles. The Bertz CT molecular complexity index is 580. The number of hydrogen-bond acceptors (Lipinski definition) is 2. The van der Waals surface area contributed by atoms with E-state index in [1.807, 2.05) is 56.5 Å². The molecule has 0 saturated heterocycles. The number of halogens is 1. The topological polar surface area (TPSA) is 35.9 Å². The molecule has 92 valence electrons. The largest absolute Gasteiger partial charge is 0.361 e. The van der Waals surface area contributed by atoms with Gasteiger partial charge in [0, 0.05) is 21.9 Å². The van der Waals surface area contributed by atoms with Crippen molar-refractivity contribution in [3.05, 3.63) is 69.5 Å². The van der Waals surface area contributed by atoms with Crippen LogP contribution in [0.4, 0.5) is 0 Å². The summed E-state index contributed by atoms with van der Waals surface area (Å²) in [5.74, 6) is 0. The Kier molecular flexibility index (Phi) is 3.82. The minimum absolute atomic E-state index is 0.552. The van der Waals surface area contributed by atoms with E-state index in [2.05, 4.69) is 21.2 Å². The van der Waals surface area contributed by atoms with Crippen LogP contribution >= 0.6 is 15.9 Å². The normalized spacial score (nSPS) is 16.4. The van der Waals surface area contributed by atoms with Crippen LogP contribution in [0.1, 0.15) is 18.1 Å². The molecule has 0 amide bonds. The van der Waals surface area contributed by atoms with Gasteiger partial charge in [0.25, 0.3) is 0 Å². The zero-order valence-corrected chi connectivity index (χ0v) is 12.0. The zero-order chi connectivity index (χ0) is 13.1. The van der Waals surface area contributed by atoms with E-state index in [9.17, 15) is 0 Å². The molecule has 0 aliphatic carbocycles. The molecule has 2 nitrogen and oxygen atoms in total. The van der Waals surface area contributed by atoms with Gasteiger partial charge in [-0.3, -0.25) is 5.41 Å². The number of benzene rings is 1. The van der Waals surface area contributed by atoms with E-state index < -0.39 is 0 Å². The molecule has 0 unspecified atom stereocenters. The van der Waals surface area contributed by atoms with Crippen LogP contribution in [-0.2, 0) is 0 Å². The summed E-state index contributed by atoms with van der Waals surface area (Å²) < 4.78 is 0.998. The SMILES string of the molecule is C/C(C(=N)c1cc(Br)ccc1C)=C1\C=CC=CN1. The van der Waals surface area contributed by atoms with Crippen LogP contribution in [0.2, 0.25) is 0 Å². The molecule has 0 saturated carbocycles. The second kappa shape index (κ2) is 5.36. The van der Waals surface area contributed by atoms with Gasteiger partial charge in [-0.05, 0) is 49.3 Å². The third-order valence-corrected chi connectivity index (χ3v) is 3.45. The number of nitrogens with one attached hydrogen (secondary N) is 2. The molecule has 0 bridgehead atoms. The molecule has 1 aliphatic heterocycles. The molecular weight excluding hydrogens is 288 g/mol. The molecule has 1 aliphatic rings. The van der Waals surface area contributed by atoms with Crippen molar-refractivity contribution >= 4 is 21.6 Å². The monoisotopic (exact) mass is 302 g/mol. The minimum Gasteiger partial charge on any atom is -0.361 e. The highest BCUT2D eigenvalue weighted by Gasteiger charge is 2.11. The Morgan fingerprint density at radius 1 is 1.28 bits per heavy atom. The van der Waals surface area contributed by atoms with Crippen LogP contribution in [0.3, 0.4) is 0 Å². The van der Waals surface area contributed by atoms with Crippen molar-refractivity contribution in [2.75, 3.05) is 0 Å². The molecule has 3 heteroatoms. The molecule has 0 atom stereocenters. The first-order chi connectivity index (χ1) is 8.59. The van der Waals surface area contributed by atoms with Gasteiger partial charge < -0.3 is 5.32 Å². The van der Waals surface area contributed by atoms with E-state index in [-0.39, 0.29) is 0 Å². The summed E-state index contributed by atoms with van der Waals surface area (Å²) in [6.07, 6.45) is 7.76. The predicted molar refractivity (Wildman–Crippen MR) is 79.8 cm³/mol. The summed E-state index contributed by atoms with van der Waals surface area (Å²) in [5.41, 5.74) is 4.53. The highest BCUT2D eigenvalue weighted by atomic mass is 79.9. The lowest BCUT2D eigenvalue weighted by Gasteiger charge is -2.14. The summed E-state index contributed by atoms with van der Waals surface area (Å²) in [7, 11) is 0. The van der Waals surface area contributed by atoms with Crippen molar-refractivity contribution in [1.82, 2.24) is 5.32 Å². The number of dihydropyridines is 1. The maximum Gasteiger partial charge on any atom is 0.0665 e. The third-order valence-electron chi connectivity index (χ3n) is 2.96. The quantitative estimate of drug-likeness (QED) is 0.794. The number of hydrogen-bond donors (Lipinski definition) is 2. The van der Waals surface area contributed by atoms with Crippen molar-refractivity contribution < 1.29 is 0 Å². The van der Waals surface area contributed by atoms with Gasteiger partial charge in [-0.2, -0.15) is 0 Å². The van der Waals surface area contributed by atoms with Gasteiger partial charge in [0.1, 0.15) is 0 Å². The molecule has 0 radical (unpaired) electrons. The number of rotatable bonds is 2. The van der Waals surface area contributed by atoms with E-state index in [4.69, 9.17) is 5.41 Å². The first-order valence-corrected chi connectivity index (χ1v) is 6.55. The lowest BCUT2D eigenvalue weighted by atomic mass is 9.97. The maximum atomic E-state index is 8.33. The summed E-state index contributed by atoms with van der Waals surface area (Å²) >= 11 is 3.46. The number of aryl methyl sites for hydroxylation is 1. The minimum atomic E-state index is 0.552. The van der Waals surface area contributed by atoms with Gasteiger partial charge in [-0.15, -0.1) is 0 Å². The molecule has 18 heavy (non-hydrogen) atoms. The van der Waals surface area contributed by atoms with Gasteiger partial charge in [-0.25, -0.2) is 0 Å². The second-order valence-corrected chi connectivity index (χ2v) is 5.15. The molecule has 2 rings (SSSR count). The molecule has 0 fully saturated rings. The van der Waals surface area contributed by atoms with Crippen LogP contribution in [-0.4, -0.2) is 5.71 Å². The fourth-order valence-corrected chi connectivity index (χ4v) is 2.19. The van der Waals surface area contributed by atoms with E-state index >= 15 is 0 Å². The van der Waals surface area contributed by atoms with Gasteiger partial charge in [-0.1, -0.05) is 28.1 Å². The molecule has 0 spiro atoms. The summed E-state index contributed by atoms with van der Waals surface area (Å²) in [4.78, 5) is 0. The van der Waals surface area contributed by atoms with E-state index in [0.29, 0.717) is 5.71 Å². The van der Waals surface area contributed by atoms with Gasteiger partial charge in [0.2, 0.25) is 0 Å². The first-order valence-electron chi connectivity index (χ1n) is 5.75. The Labute approximate surface area is 116 Å². The smallest absolute Gasteiger partial charge is 0.0665 e. The Morgan fingerprint density at radius 3 is 2.72 bits per heavy atom. The summed E-state index contributed by atoms with van der Waals surface area (Å²) in [5, 5.41) is 11.5. The van der Waals surface area contributed by atoms with Gasteiger partial charge in [0.15, 0.2) is 0 Å². The van der Waals surface area contributed by atoms with Crippen molar-refractivity contribution in [3.63, 3.8) is 0 Å². The van der Waals surface area contributed by atoms with Crippen LogP contribution in [0.25, 0.3) is 0 Å². The van der Waals surface area contributed by atoms with Crippen LogP contribution in [0.15, 0.2) is 58.4 Å². The Morgan fingerprint density at radius 2 is 2.06 bits per heavy atom. The predicted octanol–water partition coefficient (Wildman–Crippen LogP) is 4.07. The lowest BCUT2D eigenvalue weighted by Crippen LogP contribution is -2.13. The van der Waals surface area contributed by atoms with Gasteiger partial charge >= 0.3 is 0 Å². The molecule has 1 heterocycles. The molecule has 2 N–H and O–H groups in total. The molecule has 1 aromatic rings. The van der Waals surface area contributed by atoms with Crippen LogP contribution in [0, 0.1) is 12.3 Å². The molecule has 1 aromatic carbocycles. The lowest BCUT2D eigenvalue weighted by molar-refractivity contribution is 1.07. The van der Waals surface area contributed by atoms with E-state index in [0.717, 1.165) is 26.9 Å². The zero-order valence-electron chi connectivity index (χ0n) is 10.4. The van der Waals surface area contributed by atoms with Crippen molar-refractivity contribution in [3.8, 4) is 0 Å². The average molecular weight is 303 g/mol. The standard InChI is InChI=1S/C15H15BrN2/c1-10-6-7-12(16)9-13(10)15(17)11(2)14-5-3-4-8-18-14/h3-9,17-18H,1-2H3/b14-11-,17-15?. The van der Waals surface area contributed by atoms with E-state index in [1.165, 1.54) is 0 Å². The van der Waals surface area contributed by atoms with Crippen molar-refractivity contribution in [1.29, 1.82) is 5.41 Å². The fraction of sp³-hybridized carbons (Fsp3) is 0.133. The maximum absolute atomic E-state index is 8.33. The first kappa shape index (κ1) is 12.8. The fourth-order valence-electron chi connectivity index (χ4n) is 1.83. The van der Waals surface area contributed by atoms with Crippen LogP contribution < -0.4 is 5.32 Å². The van der Waals surface area contributed by atoms with Crippen molar-refractivity contribution in [2.45, 2.75) is 13.8 Å². The van der Waals surface area contributed by atoms with E-state index in [1.54, 1.807) is 0 Å². The van der Waals surface area contributed by atoms with Crippen molar-refractivity contribution in [2.24, 2.45) is 0 Å². The Hall–Kier alpha value is -1.61. The van der Waals surface area contributed by atoms with Crippen LogP contribution in [0.5, 0.6) is 0 Å².